The SMILES string of the molecule is CC(C)(CN)N(CCO)Cc1ccccc1. The Morgan fingerprint density at radius 3 is 2.38 bits per heavy atom. The van der Waals surface area contributed by atoms with Crippen molar-refractivity contribution in [2.24, 2.45) is 5.73 Å². The predicted molar refractivity (Wildman–Crippen MR) is 67.1 cm³/mol. The van der Waals surface area contributed by atoms with Gasteiger partial charge in [0.05, 0.1) is 6.61 Å². The second-order valence-electron chi connectivity index (χ2n) is 4.65. The molecule has 0 aliphatic carbocycles. The molecule has 0 heterocycles. The maximum absolute atomic E-state index is 9.09. The monoisotopic (exact) mass is 222 g/mol. The molecule has 1 aromatic carbocycles. The lowest BCUT2D eigenvalue weighted by molar-refractivity contribution is 0.0910. The van der Waals surface area contributed by atoms with E-state index in [2.05, 4.69) is 30.9 Å². The molecule has 16 heavy (non-hydrogen) atoms. The molecule has 3 N–H and O–H groups in total. The van der Waals surface area contributed by atoms with Gasteiger partial charge in [-0.15, -0.1) is 0 Å². The number of hydrogen-bond acceptors (Lipinski definition) is 3. The van der Waals surface area contributed by atoms with Crippen molar-refractivity contribution in [3.8, 4) is 0 Å². The van der Waals surface area contributed by atoms with Gasteiger partial charge in [-0.05, 0) is 19.4 Å². The number of β-amino-alcohol motifs (C(OH)–C–C–N with tert-alkyl or cyclic N) is 1. The molecule has 0 saturated heterocycles. The smallest absolute Gasteiger partial charge is 0.0558 e. The summed E-state index contributed by atoms with van der Waals surface area (Å²) in [6.45, 7) is 6.43. The molecule has 0 saturated carbocycles. The lowest BCUT2D eigenvalue weighted by atomic mass is 10.0. The molecule has 0 fully saturated rings. The lowest BCUT2D eigenvalue weighted by Crippen LogP contribution is -2.49. The molecule has 0 spiro atoms. The first-order valence-corrected chi connectivity index (χ1v) is 5.70. The van der Waals surface area contributed by atoms with Crippen LogP contribution in [0.5, 0.6) is 0 Å². The summed E-state index contributed by atoms with van der Waals surface area (Å²) in [6.07, 6.45) is 0. The van der Waals surface area contributed by atoms with Crippen LogP contribution >= 0.6 is 0 Å². The molecule has 0 unspecified atom stereocenters. The lowest BCUT2D eigenvalue weighted by Gasteiger charge is -2.37. The van der Waals surface area contributed by atoms with Gasteiger partial charge in [0, 0.05) is 25.2 Å². The summed E-state index contributed by atoms with van der Waals surface area (Å²) in [5.41, 5.74) is 6.93. The van der Waals surface area contributed by atoms with Crippen LogP contribution in [0, 0.1) is 0 Å². The standard InChI is InChI=1S/C13H22N2O/c1-13(2,11-14)15(8-9-16)10-12-6-4-3-5-7-12/h3-7,16H,8-11,14H2,1-2H3. The van der Waals surface area contributed by atoms with Crippen LogP contribution < -0.4 is 5.73 Å². The molecule has 1 aromatic rings. The second kappa shape index (κ2) is 5.99. The van der Waals surface area contributed by atoms with Crippen LogP contribution in [-0.2, 0) is 6.54 Å². The highest BCUT2D eigenvalue weighted by atomic mass is 16.3. The quantitative estimate of drug-likeness (QED) is 0.761. The topological polar surface area (TPSA) is 49.5 Å². The van der Waals surface area contributed by atoms with E-state index in [-0.39, 0.29) is 12.1 Å². The van der Waals surface area contributed by atoms with Gasteiger partial charge in [0.2, 0.25) is 0 Å². The molecular weight excluding hydrogens is 200 g/mol. The zero-order valence-corrected chi connectivity index (χ0v) is 10.2. The largest absolute Gasteiger partial charge is 0.395 e. The molecule has 1 rings (SSSR count). The molecule has 0 atom stereocenters. The van der Waals surface area contributed by atoms with Crippen molar-refractivity contribution in [1.29, 1.82) is 0 Å². The molecular formula is C13H22N2O. The van der Waals surface area contributed by atoms with E-state index in [1.54, 1.807) is 0 Å². The first kappa shape index (κ1) is 13.2. The maximum atomic E-state index is 9.09. The number of hydrogen-bond donors (Lipinski definition) is 2. The van der Waals surface area contributed by atoms with Crippen molar-refractivity contribution in [3.63, 3.8) is 0 Å². The van der Waals surface area contributed by atoms with Gasteiger partial charge in [-0.1, -0.05) is 30.3 Å². The van der Waals surface area contributed by atoms with E-state index in [0.29, 0.717) is 13.1 Å². The van der Waals surface area contributed by atoms with E-state index in [1.807, 2.05) is 18.2 Å². The Hall–Kier alpha value is -0.900. The van der Waals surface area contributed by atoms with Crippen LogP contribution in [-0.4, -0.2) is 35.2 Å². The number of benzene rings is 1. The van der Waals surface area contributed by atoms with Gasteiger partial charge < -0.3 is 10.8 Å². The van der Waals surface area contributed by atoms with Gasteiger partial charge in [-0.3, -0.25) is 4.90 Å². The van der Waals surface area contributed by atoms with Crippen molar-refractivity contribution in [2.75, 3.05) is 19.7 Å². The molecule has 3 heteroatoms. The van der Waals surface area contributed by atoms with E-state index >= 15 is 0 Å². The zero-order valence-electron chi connectivity index (χ0n) is 10.2. The molecule has 0 aliphatic heterocycles. The molecule has 0 radical (unpaired) electrons. The highest BCUT2D eigenvalue weighted by Gasteiger charge is 2.24. The summed E-state index contributed by atoms with van der Waals surface area (Å²) in [5.74, 6) is 0. The van der Waals surface area contributed by atoms with E-state index in [1.165, 1.54) is 5.56 Å². The van der Waals surface area contributed by atoms with Crippen molar-refractivity contribution >= 4 is 0 Å². The molecule has 0 bridgehead atoms. The Morgan fingerprint density at radius 2 is 1.88 bits per heavy atom. The van der Waals surface area contributed by atoms with E-state index in [0.717, 1.165) is 6.54 Å². The summed E-state index contributed by atoms with van der Waals surface area (Å²) < 4.78 is 0. The molecule has 3 nitrogen and oxygen atoms in total. The summed E-state index contributed by atoms with van der Waals surface area (Å²) in [6, 6.07) is 10.3. The van der Waals surface area contributed by atoms with Gasteiger partial charge >= 0.3 is 0 Å². The Kier molecular flexibility index (Phi) is 4.93. The first-order chi connectivity index (χ1) is 7.60. The van der Waals surface area contributed by atoms with Crippen molar-refractivity contribution in [3.05, 3.63) is 35.9 Å². The number of aliphatic hydroxyl groups is 1. The van der Waals surface area contributed by atoms with E-state index in [4.69, 9.17) is 10.8 Å². The number of rotatable bonds is 6. The van der Waals surface area contributed by atoms with Gasteiger partial charge in [0.15, 0.2) is 0 Å². The Bertz CT molecular complexity index is 298. The van der Waals surface area contributed by atoms with Crippen molar-refractivity contribution in [2.45, 2.75) is 25.9 Å². The van der Waals surface area contributed by atoms with Gasteiger partial charge in [-0.2, -0.15) is 0 Å². The Morgan fingerprint density at radius 1 is 1.25 bits per heavy atom. The van der Waals surface area contributed by atoms with Crippen LogP contribution in [0.4, 0.5) is 0 Å². The van der Waals surface area contributed by atoms with Gasteiger partial charge in [0.25, 0.3) is 0 Å². The molecule has 0 aromatic heterocycles. The molecule has 0 aliphatic rings. The van der Waals surface area contributed by atoms with Crippen LogP contribution in [0.2, 0.25) is 0 Å². The Balaban J connectivity index is 2.72. The fourth-order valence-corrected chi connectivity index (χ4v) is 1.65. The molecule has 90 valence electrons. The maximum Gasteiger partial charge on any atom is 0.0558 e. The number of aliphatic hydroxyl groups excluding tert-OH is 1. The molecule has 0 amide bonds. The third-order valence-electron chi connectivity index (χ3n) is 2.94. The summed E-state index contributed by atoms with van der Waals surface area (Å²) >= 11 is 0. The van der Waals surface area contributed by atoms with Crippen LogP contribution in [0.15, 0.2) is 30.3 Å². The normalized spacial score (nSPS) is 12.1. The third-order valence-corrected chi connectivity index (χ3v) is 2.94. The van der Waals surface area contributed by atoms with Crippen molar-refractivity contribution in [1.82, 2.24) is 4.90 Å². The third kappa shape index (κ3) is 3.59. The second-order valence-corrected chi connectivity index (χ2v) is 4.65. The van der Waals surface area contributed by atoms with Gasteiger partial charge in [0.1, 0.15) is 0 Å². The minimum atomic E-state index is -0.0848. The average Bonchev–Trinajstić information content (AvgIpc) is 2.30. The predicted octanol–water partition coefficient (Wildman–Crippen LogP) is 1.22. The van der Waals surface area contributed by atoms with Gasteiger partial charge in [-0.25, -0.2) is 0 Å². The average molecular weight is 222 g/mol. The Labute approximate surface area is 97.9 Å². The van der Waals surface area contributed by atoms with Crippen LogP contribution in [0.1, 0.15) is 19.4 Å². The minimum Gasteiger partial charge on any atom is -0.395 e. The van der Waals surface area contributed by atoms with Crippen LogP contribution in [0.25, 0.3) is 0 Å². The highest BCUT2D eigenvalue weighted by Crippen LogP contribution is 2.16. The zero-order chi connectivity index (χ0) is 12.0. The summed E-state index contributed by atoms with van der Waals surface area (Å²) in [4.78, 5) is 2.21. The minimum absolute atomic E-state index is 0.0848. The van der Waals surface area contributed by atoms with Crippen molar-refractivity contribution < 1.29 is 5.11 Å². The number of nitrogens with zero attached hydrogens (tertiary/aromatic N) is 1. The fraction of sp³-hybridized carbons (Fsp3) is 0.538. The fourth-order valence-electron chi connectivity index (χ4n) is 1.65. The van der Waals surface area contributed by atoms with Crippen LogP contribution in [0.3, 0.4) is 0 Å². The van der Waals surface area contributed by atoms with E-state index in [9.17, 15) is 0 Å². The van der Waals surface area contributed by atoms with E-state index < -0.39 is 0 Å². The summed E-state index contributed by atoms with van der Waals surface area (Å²) in [7, 11) is 0. The summed E-state index contributed by atoms with van der Waals surface area (Å²) in [5, 5.41) is 9.09. The first-order valence-electron chi connectivity index (χ1n) is 5.70. The highest BCUT2D eigenvalue weighted by molar-refractivity contribution is 5.14. The number of nitrogens with two attached hydrogens (primary N) is 1.